The van der Waals surface area contributed by atoms with Crippen LogP contribution in [0.25, 0.3) is 0 Å². The summed E-state index contributed by atoms with van der Waals surface area (Å²) in [5.74, 6) is 1.49. The Labute approximate surface area is 240 Å². The molecular formula is C28H23BCl2N2O7. The van der Waals surface area contributed by atoms with Crippen LogP contribution in [0.1, 0.15) is 11.1 Å². The fourth-order valence-electron chi connectivity index (χ4n) is 3.48. The van der Waals surface area contributed by atoms with Gasteiger partial charge >= 0.3 is 13.4 Å². The maximum absolute atomic E-state index is 12.2. The maximum Gasteiger partial charge on any atom is 0.864 e. The highest BCUT2D eigenvalue weighted by Crippen LogP contribution is 2.23. The van der Waals surface area contributed by atoms with Crippen LogP contribution < -0.4 is 19.3 Å². The Kier molecular flexibility index (Phi) is 9.72. The van der Waals surface area contributed by atoms with E-state index in [0.29, 0.717) is 45.0 Å². The Hall–Kier alpha value is -4.41. The molecular weight excluding hydrogens is 558 g/mol. The van der Waals surface area contributed by atoms with Crippen molar-refractivity contribution in [1.82, 2.24) is 0 Å². The second-order valence-corrected chi connectivity index (χ2v) is 9.33. The molecule has 0 fully saturated rings. The monoisotopic (exact) mass is 580 g/mol. The van der Waals surface area contributed by atoms with E-state index in [-0.39, 0.29) is 12.3 Å². The van der Waals surface area contributed by atoms with Gasteiger partial charge in [0.15, 0.2) is 0 Å². The van der Waals surface area contributed by atoms with Gasteiger partial charge in [-0.2, -0.15) is 0 Å². The normalized spacial score (nSPS) is 10.4. The minimum Gasteiger partial charge on any atom is -0.490 e. The molecule has 0 heterocycles. The summed E-state index contributed by atoms with van der Waals surface area (Å²) < 4.78 is 22.9. The first-order chi connectivity index (χ1) is 19.2. The summed E-state index contributed by atoms with van der Waals surface area (Å²) in [7, 11) is -1.11. The summed E-state index contributed by atoms with van der Waals surface area (Å²) in [6.07, 6.45) is -0.197. The topological polar surface area (TPSA) is 109 Å². The molecule has 40 heavy (non-hydrogen) atoms. The number of benzene rings is 4. The molecule has 0 atom stereocenters. The lowest BCUT2D eigenvalue weighted by Gasteiger charge is -2.17. The van der Waals surface area contributed by atoms with Gasteiger partial charge in [0, 0.05) is 34.3 Å². The Morgan fingerprint density at radius 1 is 0.825 bits per heavy atom. The number of halogens is 2. The molecule has 4 rings (SSSR count). The Morgan fingerprint density at radius 2 is 1.32 bits per heavy atom. The molecule has 1 N–H and O–H groups in total. The van der Waals surface area contributed by atoms with E-state index in [9.17, 15) is 14.9 Å². The van der Waals surface area contributed by atoms with Gasteiger partial charge < -0.3 is 18.7 Å². The number of aryl methyl sites for hydroxylation is 1. The van der Waals surface area contributed by atoms with Gasteiger partial charge in [-0.1, -0.05) is 35.3 Å². The molecule has 0 unspecified atom stereocenters. The zero-order valence-electron chi connectivity index (χ0n) is 21.2. The van der Waals surface area contributed by atoms with Crippen molar-refractivity contribution in [2.45, 2.75) is 13.3 Å². The van der Waals surface area contributed by atoms with Crippen LogP contribution in [0, 0.1) is 17.0 Å². The van der Waals surface area contributed by atoms with Gasteiger partial charge in [0.1, 0.15) is 17.2 Å². The minimum absolute atomic E-state index is 0.0525. The van der Waals surface area contributed by atoms with Crippen LogP contribution in [-0.2, 0) is 11.2 Å². The van der Waals surface area contributed by atoms with Crippen LogP contribution in [0.15, 0.2) is 91.0 Å². The Bertz CT molecular complexity index is 1410. The van der Waals surface area contributed by atoms with E-state index in [4.69, 9.17) is 41.9 Å². The molecule has 4 aromatic carbocycles. The Balaban J connectivity index is 1.31. The molecule has 0 saturated carbocycles. The summed E-state index contributed by atoms with van der Waals surface area (Å²) in [4.78, 5) is 22.5. The molecule has 0 aliphatic carbocycles. The van der Waals surface area contributed by atoms with E-state index in [1.54, 1.807) is 67.6 Å². The quantitative estimate of drug-likeness (QED) is 0.111. The minimum atomic E-state index is -1.11. The van der Waals surface area contributed by atoms with Crippen molar-refractivity contribution in [3.63, 3.8) is 0 Å². The molecule has 4 aromatic rings. The third-order valence-corrected chi connectivity index (χ3v) is 6.03. The first-order valence-electron chi connectivity index (χ1n) is 12.0. The molecule has 0 bridgehead atoms. The molecule has 0 radical (unpaired) electrons. The molecule has 12 heteroatoms. The van der Waals surface area contributed by atoms with Crippen molar-refractivity contribution in [3.05, 3.63) is 122 Å². The van der Waals surface area contributed by atoms with Crippen LogP contribution in [0.2, 0.25) is 10.0 Å². The highest BCUT2D eigenvalue weighted by molar-refractivity contribution is 6.39. The van der Waals surface area contributed by atoms with Gasteiger partial charge in [-0.25, -0.2) is 4.79 Å². The van der Waals surface area contributed by atoms with Crippen molar-refractivity contribution in [2.75, 3.05) is 11.9 Å². The number of nitrogens with zero attached hydrogens (tertiary/aromatic N) is 1. The number of carbonyl (C=O) groups is 1. The van der Waals surface area contributed by atoms with E-state index in [1.807, 2.05) is 12.1 Å². The van der Waals surface area contributed by atoms with E-state index < -0.39 is 18.3 Å². The smallest absolute Gasteiger partial charge is 0.490 e. The van der Waals surface area contributed by atoms with Crippen molar-refractivity contribution in [1.29, 1.82) is 0 Å². The van der Waals surface area contributed by atoms with Crippen molar-refractivity contribution in [2.24, 2.45) is 0 Å². The number of hydrogen-bond acceptors (Lipinski definition) is 7. The lowest BCUT2D eigenvalue weighted by molar-refractivity contribution is -0.384. The van der Waals surface area contributed by atoms with E-state index >= 15 is 0 Å². The standard InChI is InChI=1S/C28H23BCl2N2O7/c1-19-18-23(33(35)36)8-15-27(19)32-28(34)37-17-16-20-2-9-24(10-3-20)38-29(39-25-11-4-21(30)5-12-25)40-26-13-6-22(31)7-14-26/h2-15,18H,16-17H2,1H3,(H,32,34). The average Bonchev–Trinajstić information content (AvgIpc) is 2.93. The molecule has 0 aromatic heterocycles. The number of non-ortho nitro benzene ring substituents is 1. The van der Waals surface area contributed by atoms with Gasteiger partial charge in [0.05, 0.1) is 11.5 Å². The van der Waals surface area contributed by atoms with Crippen LogP contribution in [-0.4, -0.2) is 24.9 Å². The number of nitrogens with one attached hydrogen (secondary N) is 1. The third kappa shape index (κ3) is 8.55. The molecule has 0 saturated heterocycles. The predicted octanol–water partition coefficient (Wildman–Crippen LogP) is 7.52. The SMILES string of the molecule is Cc1cc([N+](=O)[O-])ccc1NC(=O)OCCc1ccc(OB(Oc2ccc(Cl)cc2)Oc2ccc(Cl)cc2)cc1. The Morgan fingerprint density at radius 3 is 1.80 bits per heavy atom. The number of anilines is 1. The second-order valence-electron chi connectivity index (χ2n) is 8.46. The second kappa shape index (κ2) is 13.6. The summed E-state index contributed by atoms with van der Waals surface area (Å²) in [6, 6.07) is 24.9. The highest BCUT2D eigenvalue weighted by atomic mass is 35.5. The molecule has 9 nitrogen and oxygen atoms in total. The zero-order valence-corrected chi connectivity index (χ0v) is 22.7. The van der Waals surface area contributed by atoms with Crippen LogP contribution in [0.5, 0.6) is 17.2 Å². The van der Waals surface area contributed by atoms with Gasteiger partial charge in [-0.3, -0.25) is 15.4 Å². The lowest BCUT2D eigenvalue weighted by atomic mass is 10.1. The maximum atomic E-state index is 12.2. The zero-order chi connectivity index (χ0) is 28.5. The van der Waals surface area contributed by atoms with E-state index in [0.717, 1.165) is 5.56 Å². The summed E-state index contributed by atoms with van der Waals surface area (Å²) >= 11 is 11.9. The highest BCUT2D eigenvalue weighted by Gasteiger charge is 2.30. The number of amides is 1. The van der Waals surface area contributed by atoms with Crippen LogP contribution in [0.4, 0.5) is 16.2 Å². The van der Waals surface area contributed by atoms with Crippen LogP contribution >= 0.6 is 23.2 Å². The van der Waals surface area contributed by atoms with Crippen molar-refractivity contribution >= 4 is 48.0 Å². The van der Waals surface area contributed by atoms with Gasteiger partial charge in [0.2, 0.25) is 0 Å². The largest absolute Gasteiger partial charge is 0.864 e. The van der Waals surface area contributed by atoms with Crippen LogP contribution in [0.3, 0.4) is 0 Å². The van der Waals surface area contributed by atoms with Gasteiger partial charge in [-0.05, 0) is 84.8 Å². The first kappa shape index (κ1) is 28.6. The number of ether oxygens (including phenoxy) is 1. The third-order valence-electron chi connectivity index (χ3n) is 5.53. The first-order valence-corrected chi connectivity index (χ1v) is 12.8. The van der Waals surface area contributed by atoms with Crippen molar-refractivity contribution < 1.29 is 28.4 Å². The molecule has 1 amide bonds. The number of rotatable bonds is 11. The van der Waals surface area contributed by atoms with E-state index in [1.165, 1.54) is 18.2 Å². The number of carbonyl (C=O) groups excluding carboxylic acids is 1. The molecule has 0 aliphatic heterocycles. The summed E-state index contributed by atoms with van der Waals surface area (Å²) in [5.41, 5.74) is 1.84. The lowest BCUT2D eigenvalue weighted by Crippen LogP contribution is -2.36. The summed E-state index contributed by atoms with van der Waals surface area (Å²) in [6.45, 7) is 1.79. The fraction of sp³-hybridized carbons (Fsp3) is 0.107. The summed E-state index contributed by atoms with van der Waals surface area (Å²) in [5, 5.41) is 14.6. The molecule has 0 spiro atoms. The number of hydrogen-bond donors (Lipinski definition) is 1. The predicted molar refractivity (Wildman–Crippen MR) is 153 cm³/mol. The van der Waals surface area contributed by atoms with Crippen molar-refractivity contribution in [3.8, 4) is 17.2 Å². The van der Waals surface area contributed by atoms with Gasteiger partial charge in [0.25, 0.3) is 5.69 Å². The number of nitro benzene ring substituents is 1. The average molecular weight is 581 g/mol. The van der Waals surface area contributed by atoms with Gasteiger partial charge in [-0.15, -0.1) is 0 Å². The molecule has 0 aliphatic rings. The molecule has 204 valence electrons. The van der Waals surface area contributed by atoms with E-state index in [2.05, 4.69) is 5.32 Å². The number of nitro groups is 1. The fourth-order valence-corrected chi connectivity index (χ4v) is 3.73.